The molecule has 2 aliphatic heterocycles. The summed E-state index contributed by atoms with van der Waals surface area (Å²) in [5.74, 6) is -10.8. The molecule has 0 spiro atoms. The van der Waals surface area contributed by atoms with Crippen LogP contribution in [0.25, 0.3) is 89.7 Å². The second-order valence-corrected chi connectivity index (χ2v) is 10.6. The van der Waals surface area contributed by atoms with Gasteiger partial charge >= 0.3 is 17.1 Å². The van der Waals surface area contributed by atoms with Crippen LogP contribution in [0.1, 0.15) is 0 Å². The number of benzene rings is 4. The molecule has 17 heteroatoms. The SMILES string of the molecule is Fc1ccc(F)c2c1-c1nc-2nc2[n-]c(nc3nc(nc4[n-]c(n1)c1c(F)ccc(F)c41)-c1c(F)ccc(F)c1-3)c1c(F)ccc(F)c21.[Fe+2]. The van der Waals surface area contributed by atoms with Gasteiger partial charge in [0, 0.05) is 44.1 Å². The van der Waals surface area contributed by atoms with Gasteiger partial charge in [-0.15, -0.1) is 0 Å². The van der Waals surface area contributed by atoms with Crippen LogP contribution in [0, 0.1) is 46.5 Å². The molecular weight excluding hydrogens is 704 g/mol. The number of hydrogen-bond donors (Lipinski definition) is 0. The van der Waals surface area contributed by atoms with Crippen molar-refractivity contribution < 1.29 is 52.2 Å². The molecule has 8 bridgehead atoms. The van der Waals surface area contributed by atoms with Crippen LogP contribution in [-0.2, 0) is 17.1 Å². The Balaban J connectivity index is 0.00000348. The molecule has 0 radical (unpaired) electrons. The van der Waals surface area contributed by atoms with Crippen LogP contribution in [0.15, 0.2) is 48.5 Å². The van der Waals surface area contributed by atoms with Gasteiger partial charge in [0.05, 0.1) is 45.6 Å². The quantitative estimate of drug-likeness (QED) is 0.120. The van der Waals surface area contributed by atoms with E-state index in [1.54, 1.807) is 0 Å². The normalized spacial score (nSPS) is 11.9. The van der Waals surface area contributed by atoms with Crippen LogP contribution < -0.4 is 9.97 Å². The number of fused-ring (bicyclic) bond motifs is 20. The van der Waals surface area contributed by atoms with Gasteiger partial charge in [0.25, 0.3) is 0 Å². The minimum Gasteiger partial charge on any atom is -0.357 e. The van der Waals surface area contributed by atoms with Crippen molar-refractivity contribution in [2.45, 2.75) is 0 Å². The number of aromatic nitrogens is 8. The maximum atomic E-state index is 15.3. The van der Waals surface area contributed by atoms with Crippen molar-refractivity contribution in [3.05, 3.63) is 95.1 Å². The summed E-state index contributed by atoms with van der Waals surface area (Å²) in [6.45, 7) is 0. The van der Waals surface area contributed by atoms with Gasteiger partial charge < -0.3 is 29.9 Å². The molecule has 0 saturated carbocycles. The Hall–Kier alpha value is -5.80. The van der Waals surface area contributed by atoms with Crippen LogP contribution >= 0.6 is 0 Å². The first kappa shape index (κ1) is 30.5. The summed E-state index contributed by atoms with van der Waals surface area (Å²) in [6, 6.07) is 6.12. The third-order valence-electron chi connectivity index (χ3n) is 7.90. The summed E-state index contributed by atoms with van der Waals surface area (Å²) in [5.41, 5.74) is -4.59. The molecule has 4 aromatic carbocycles. The van der Waals surface area contributed by atoms with Gasteiger partial charge in [0.15, 0.2) is 0 Å². The van der Waals surface area contributed by atoms with Gasteiger partial charge in [-0.3, -0.25) is 0 Å². The second-order valence-electron chi connectivity index (χ2n) is 10.6. The minimum atomic E-state index is -1.05. The van der Waals surface area contributed by atoms with Crippen molar-refractivity contribution in [2.24, 2.45) is 0 Å². The van der Waals surface area contributed by atoms with Crippen molar-refractivity contribution in [3.8, 4) is 45.6 Å². The first-order valence-corrected chi connectivity index (χ1v) is 13.7. The van der Waals surface area contributed by atoms with Gasteiger partial charge in [-0.1, -0.05) is 0 Å². The molecule has 49 heavy (non-hydrogen) atoms. The van der Waals surface area contributed by atoms with Crippen molar-refractivity contribution in [1.29, 1.82) is 0 Å². The molecule has 3 aromatic heterocycles. The molecule has 2 aliphatic rings. The predicted octanol–water partition coefficient (Wildman–Crippen LogP) is 7.24. The van der Waals surface area contributed by atoms with Gasteiger partial charge in [0.2, 0.25) is 0 Å². The first-order valence-electron chi connectivity index (χ1n) is 13.7. The van der Waals surface area contributed by atoms with E-state index in [-0.39, 0.29) is 17.1 Å². The van der Waals surface area contributed by atoms with Gasteiger partial charge in [-0.05, 0) is 48.5 Å². The zero-order chi connectivity index (χ0) is 33.2. The minimum absolute atomic E-state index is 0. The van der Waals surface area contributed by atoms with E-state index in [9.17, 15) is 0 Å². The van der Waals surface area contributed by atoms with Crippen molar-refractivity contribution in [3.63, 3.8) is 0 Å². The molecule has 0 amide bonds. The monoisotopic (exact) mass is 712 g/mol. The first-order chi connectivity index (χ1) is 23.1. The largest absolute Gasteiger partial charge is 2.00 e. The van der Waals surface area contributed by atoms with E-state index in [2.05, 4.69) is 39.9 Å². The van der Waals surface area contributed by atoms with E-state index in [1.807, 2.05) is 0 Å². The molecule has 0 fully saturated rings. The number of hydrogen-bond acceptors (Lipinski definition) is 6. The second kappa shape index (κ2) is 10.6. The van der Waals surface area contributed by atoms with E-state index in [0.29, 0.717) is 0 Å². The zero-order valence-corrected chi connectivity index (χ0v) is 24.7. The fourth-order valence-corrected chi connectivity index (χ4v) is 5.85. The van der Waals surface area contributed by atoms with Gasteiger partial charge in [0.1, 0.15) is 46.5 Å². The molecule has 0 aliphatic carbocycles. The fraction of sp³-hybridized carbons (Fsp3) is 0. The van der Waals surface area contributed by atoms with Gasteiger partial charge in [-0.2, -0.15) is 0 Å². The van der Waals surface area contributed by atoms with E-state index in [0.717, 1.165) is 48.5 Å². The maximum absolute atomic E-state index is 15.3. The van der Waals surface area contributed by atoms with E-state index >= 15 is 35.1 Å². The number of halogens is 8. The average Bonchev–Trinajstić information content (AvgIpc) is 3.80. The molecule has 240 valence electrons. The molecule has 0 saturated heterocycles. The number of rotatable bonds is 0. The smallest absolute Gasteiger partial charge is 0.357 e. The third kappa shape index (κ3) is 4.28. The molecule has 9 rings (SSSR count). The summed E-state index contributed by atoms with van der Waals surface area (Å²) in [5, 5.41) is -2.21. The summed E-state index contributed by atoms with van der Waals surface area (Å²) in [4.78, 5) is 33.0. The molecule has 0 atom stereocenters. The topological polar surface area (TPSA) is 106 Å². The van der Waals surface area contributed by atoms with Crippen molar-refractivity contribution in [1.82, 2.24) is 39.9 Å². The molecule has 5 heterocycles. The summed E-state index contributed by atoms with van der Waals surface area (Å²) >= 11 is 0. The Morgan fingerprint density at radius 1 is 0.306 bits per heavy atom. The third-order valence-corrected chi connectivity index (χ3v) is 7.90. The van der Waals surface area contributed by atoms with E-state index in [1.165, 1.54) is 0 Å². The van der Waals surface area contributed by atoms with E-state index in [4.69, 9.17) is 0 Å². The Morgan fingerprint density at radius 3 is 0.735 bits per heavy atom. The zero-order valence-electron chi connectivity index (χ0n) is 23.6. The summed E-state index contributed by atoms with van der Waals surface area (Å²) in [7, 11) is 0. The summed E-state index contributed by atoms with van der Waals surface area (Å²) < 4.78 is 122. The van der Waals surface area contributed by atoms with Crippen molar-refractivity contribution in [2.75, 3.05) is 0 Å². The average molecular weight is 712 g/mol. The molecule has 0 unspecified atom stereocenters. The van der Waals surface area contributed by atoms with Crippen LogP contribution in [0.2, 0.25) is 0 Å². The predicted molar refractivity (Wildman–Crippen MR) is 154 cm³/mol. The Labute approximate surface area is 276 Å². The Kier molecular flexibility index (Phi) is 6.60. The van der Waals surface area contributed by atoms with Crippen LogP contribution in [0.3, 0.4) is 0 Å². The molecule has 0 N–H and O–H groups in total. The van der Waals surface area contributed by atoms with Gasteiger partial charge in [-0.25, -0.2) is 45.1 Å². The Bertz CT molecular complexity index is 2430. The number of nitrogens with zero attached hydrogens (tertiary/aromatic N) is 8. The van der Waals surface area contributed by atoms with Crippen LogP contribution in [0.4, 0.5) is 35.1 Å². The Morgan fingerprint density at radius 2 is 0.510 bits per heavy atom. The molecular formula is C32H8F8FeN8. The van der Waals surface area contributed by atoms with E-state index < -0.39 is 136 Å². The maximum Gasteiger partial charge on any atom is 2.00 e. The summed E-state index contributed by atoms with van der Waals surface area (Å²) in [6.07, 6.45) is 0. The molecule has 8 nitrogen and oxygen atoms in total. The fourth-order valence-electron chi connectivity index (χ4n) is 5.85. The van der Waals surface area contributed by atoms with Crippen LogP contribution in [-0.4, -0.2) is 29.9 Å². The van der Waals surface area contributed by atoms with Crippen molar-refractivity contribution >= 4 is 44.1 Å². The van der Waals surface area contributed by atoms with Crippen LogP contribution in [0.5, 0.6) is 0 Å². The molecule has 7 aromatic rings. The standard InChI is InChI=1S/C32H8F8N8.Fe/c33-9-1-2-10(34)18-17(9)25-41-26(18)46-28-21-13(37)5-6-14(38)22(21)30(43-28)48-32-24-16(40)8-7-15(39)23(24)31(44-32)47-29-20-12(36)4-3-11(35)19(20)27(42-29)45-25;/h1-8H;/q-2;+2.